The lowest BCUT2D eigenvalue weighted by Gasteiger charge is -2.12. The van der Waals surface area contributed by atoms with Crippen LogP contribution in [0.15, 0.2) is 18.2 Å². The Labute approximate surface area is 103 Å². The van der Waals surface area contributed by atoms with E-state index in [0.717, 1.165) is 0 Å². The van der Waals surface area contributed by atoms with Crippen LogP contribution in [-0.4, -0.2) is 47.0 Å². The molecule has 1 rings (SSSR count). The van der Waals surface area contributed by atoms with E-state index in [1.807, 2.05) is 0 Å². The lowest BCUT2D eigenvalue weighted by Crippen LogP contribution is -2.37. The van der Waals surface area contributed by atoms with Crippen LogP contribution in [0.25, 0.3) is 0 Å². The Bertz CT molecular complexity index is 439. The fourth-order valence-corrected chi connectivity index (χ4v) is 1.31. The van der Waals surface area contributed by atoms with Gasteiger partial charge in [0, 0.05) is 7.11 Å². The molecule has 1 unspecified atom stereocenters. The number of aliphatic carboxylic acids is 1. The molecular weight excluding hydrogens is 242 g/mol. The molecule has 1 amide bonds. The van der Waals surface area contributed by atoms with Crippen molar-refractivity contribution in [3.8, 4) is 11.5 Å². The number of ether oxygens (including phenoxy) is 1. The maximum absolute atomic E-state index is 11.6. The van der Waals surface area contributed by atoms with E-state index in [0.29, 0.717) is 0 Å². The van der Waals surface area contributed by atoms with Crippen LogP contribution in [0.5, 0.6) is 11.5 Å². The van der Waals surface area contributed by atoms with E-state index in [4.69, 9.17) is 5.11 Å². The SMILES string of the molecule is COC(CNC(=O)c1c(O)cccc1O)C(=O)O. The minimum Gasteiger partial charge on any atom is -0.507 e. The van der Waals surface area contributed by atoms with Gasteiger partial charge in [0.15, 0.2) is 6.10 Å². The molecule has 0 aromatic heterocycles. The molecule has 98 valence electrons. The Morgan fingerprint density at radius 2 is 1.89 bits per heavy atom. The van der Waals surface area contributed by atoms with E-state index in [-0.39, 0.29) is 12.1 Å². The summed E-state index contributed by atoms with van der Waals surface area (Å²) in [5.41, 5.74) is -0.308. The van der Waals surface area contributed by atoms with E-state index in [9.17, 15) is 19.8 Å². The summed E-state index contributed by atoms with van der Waals surface area (Å²) < 4.78 is 4.62. The summed E-state index contributed by atoms with van der Waals surface area (Å²) in [6.07, 6.45) is -1.19. The number of phenols is 2. The van der Waals surface area contributed by atoms with Gasteiger partial charge in [-0.25, -0.2) is 4.79 Å². The highest BCUT2D eigenvalue weighted by Gasteiger charge is 2.20. The quantitative estimate of drug-likeness (QED) is 0.585. The van der Waals surface area contributed by atoms with Gasteiger partial charge in [-0.2, -0.15) is 0 Å². The molecule has 0 saturated carbocycles. The smallest absolute Gasteiger partial charge is 0.334 e. The maximum atomic E-state index is 11.6. The summed E-state index contributed by atoms with van der Waals surface area (Å²) in [6, 6.07) is 3.84. The van der Waals surface area contributed by atoms with Crippen molar-refractivity contribution >= 4 is 11.9 Å². The van der Waals surface area contributed by atoms with Crippen molar-refractivity contribution in [2.45, 2.75) is 6.10 Å². The van der Waals surface area contributed by atoms with Gasteiger partial charge < -0.3 is 25.4 Å². The van der Waals surface area contributed by atoms with Gasteiger partial charge in [0.25, 0.3) is 5.91 Å². The van der Waals surface area contributed by atoms with Crippen molar-refractivity contribution in [3.05, 3.63) is 23.8 Å². The summed E-state index contributed by atoms with van der Waals surface area (Å²) in [6.45, 7) is -0.279. The van der Waals surface area contributed by atoms with Gasteiger partial charge in [0.05, 0.1) is 6.54 Å². The third kappa shape index (κ3) is 3.11. The number of methoxy groups -OCH3 is 1. The second kappa shape index (κ2) is 5.87. The average Bonchev–Trinajstić information content (AvgIpc) is 2.29. The molecule has 0 aliphatic carbocycles. The first-order valence-corrected chi connectivity index (χ1v) is 5.02. The summed E-state index contributed by atoms with van der Waals surface area (Å²) in [7, 11) is 1.20. The lowest BCUT2D eigenvalue weighted by molar-refractivity contribution is -0.147. The molecule has 1 atom stereocenters. The van der Waals surface area contributed by atoms with Crippen molar-refractivity contribution in [3.63, 3.8) is 0 Å². The standard InChI is InChI=1S/C11H13NO6/c1-18-8(11(16)17)5-12-10(15)9-6(13)3-2-4-7(9)14/h2-4,8,13-14H,5H2,1H3,(H,12,15)(H,16,17). The van der Waals surface area contributed by atoms with Crippen molar-refractivity contribution in [2.75, 3.05) is 13.7 Å². The van der Waals surface area contributed by atoms with Crippen LogP contribution in [0.4, 0.5) is 0 Å². The summed E-state index contributed by atoms with van der Waals surface area (Å²) >= 11 is 0. The number of phenolic OH excluding ortho intramolecular Hbond substituents is 2. The second-order valence-electron chi connectivity index (χ2n) is 3.44. The molecule has 0 radical (unpaired) electrons. The van der Waals surface area contributed by atoms with Crippen molar-refractivity contribution in [1.82, 2.24) is 5.32 Å². The molecule has 18 heavy (non-hydrogen) atoms. The second-order valence-corrected chi connectivity index (χ2v) is 3.44. The maximum Gasteiger partial charge on any atom is 0.334 e. The van der Waals surface area contributed by atoms with Crippen LogP contribution in [0, 0.1) is 0 Å². The monoisotopic (exact) mass is 255 g/mol. The molecular formula is C11H13NO6. The van der Waals surface area contributed by atoms with Crippen molar-refractivity contribution in [2.24, 2.45) is 0 Å². The Morgan fingerprint density at radius 1 is 1.33 bits per heavy atom. The highest BCUT2D eigenvalue weighted by molar-refractivity contribution is 5.99. The van der Waals surface area contributed by atoms with E-state index >= 15 is 0 Å². The van der Waals surface area contributed by atoms with Gasteiger partial charge in [0.1, 0.15) is 17.1 Å². The Kier molecular flexibility index (Phi) is 4.50. The zero-order valence-corrected chi connectivity index (χ0v) is 9.58. The van der Waals surface area contributed by atoms with Gasteiger partial charge in [-0.1, -0.05) is 6.07 Å². The zero-order valence-electron chi connectivity index (χ0n) is 9.58. The van der Waals surface area contributed by atoms with Crippen LogP contribution >= 0.6 is 0 Å². The molecule has 0 spiro atoms. The third-order valence-corrected chi connectivity index (χ3v) is 2.26. The fraction of sp³-hybridized carbons (Fsp3) is 0.273. The fourth-order valence-electron chi connectivity index (χ4n) is 1.31. The normalized spacial score (nSPS) is 11.8. The molecule has 0 bridgehead atoms. The Morgan fingerprint density at radius 3 is 2.33 bits per heavy atom. The van der Waals surface area contributed by atoms with Gasteiger partial charge in [-0.05, 0) is 12.1 Å². The number of hydrogen-bond acceptors (Lipinski definition) is 5. The molecule has 7 heteroatoms. The van der Waals surface area contributed by atoms with E-state index < -0.39 is 29.5 Å². The number of carbonyl (C=O) groups excluding carboxylic acids is 1. The zero-order chi connectivity index (χ0) is 13.7. The third-order valence-electron chi connectivity index (χ3n) is 2.26. The Balaban J connectivity index is 2.74. The summed E-state index contributed by atoms with van der Waals surface area (Å²) in [4.78, 5) is 22.3. The number of hydrogen-bond donors (Lipinski definition) is 4. The van der Waals surface area contributed by atoms with E-state index in [1.165, 1.54) is 25.3 Å². The Hall–Kier alpha value is -2.28. The number of benzene rings is 1. The predicted octanol–water partition coefficient (Wildman–Crippen LogP) is -0.0728. The molecule has 0 fully saturated rings. The van der Waals surface area contributed by atoms with E-state index in [1.54, 1.807) is 0 Å². The van der Waals surface area contributed by atoms with Crippen LogP contribution in [0.1, 0.15) is 10.4 Å². The first kappa shape index (κ1) is 13.8. The predicted molar refractivity (Wildman–Crippen MR) is 60.5 cm³/mol. The summed E-state index contributed by atoms with van der Waals surface area (Å²) in [5.74, 6) is -2.79. The molecule has 1 aromatic carbocycles. The van der Waals surface area contributed by atoms with Crippen LogP contribution < -0.4 is 5.32 Å². The minimum atomic E-state index is -1.22. The molecule has 7 nitrogen and oxygen atoms in total. The van der Waals surface area contributed by atoms with Crippen molar-refractivity contribution < 1.29 is 29.6 Å². The van der Waals surface area contributed by atoms with E-state index in [2.05, 4.69) is 10.1 Å². The van der Waals surface area contributed by atoms with Crippen molar-refractivity contribution in [1.29, 1.82) is 0 Å². The molecule has 0 aliphatic rings. The highest BCUT2D eigenvalue weighted by Crippen LogP contribution is 2.25. The molecule has 4 N–H and O–H groups in total. The number of amides is 1. The topological polar surface area (TPSA) is 116 Å². The number of nitrogens with one attached hydrogen (secondary N) is 1. The average molecular weight is 255 g/mol. The number of carboxylic acid groups (broad SMARTS) is 1. The molecule has 1 aromatic rings. The van der Waals surface area contributed by atoms with Gasteiger partial charge in [0.2, 0.25) is 0 Å². The number of rotatable bonds is 5. The number of aromatic hydroxyl groups is 2. The van der Waals surface area contributed by atoms with Crippen LogP contribution in [0.2, 0.25) is 0 Å². The highest BCUT2D eigenvalue weighted by atomic mass is 16.5. The van der Waals surface area contributed by atoms with Crippen LogP contribution in [-0.2, 0) is 9.53 Å². The van der Waals surface area contributed by atoms with Gasteiger partial charge in [-0.15, -0.1) is 0 Å². The summed E-state index contributed by atoms with van der Waals surface area (Å²) in [5, 5.41) is 29.8. The molecule has 0 aliphatic heterocycles. The van der Waals surface area contributed by atoms with Crippen LogP contribution in [0.3, 0.4) is 0 Å². The van der Waals surface area contributed by atoms with Gasteiger partial charge in [-0.3, -0.25) is 4.79 Å². The first-order valence-electron chi connectivity index (χ1n) is 5.02. The number of carbonyl (C=O) groups is 2. The minimum absolute atomic E-state index is 0.279. The number of carboxylic acids is 1. The van der Waals surface area contributed by atoms with Gasteiger partial charge >= 0.3 is 5.97 Å². The largest absolute Gasteiger partial charge is 0.507 e. The molecule has 0 heterocycles. The lowest BCUT2D eigenvalue weighted by atomic mass is 10.1. The molecule has 0 saturated heterocycles. The first-order chi connectivity index (χ1) is 8.47.